The van der Waals surface area contributed by atoms with Crippen molar-refractivity contribution in [3.05, 3.63) is 86.5 Å². The van der Waals surface area contributed by atoms with E-state index in [0.717, 1.165) is 16.7 Å². The molecule has 0 bridgehead atoms. The van der Waals surface area contributed by atoms with Gasteiger partial charge in [0.2, 0.25) is 0 Å². The summed E-state index contributed by atoms with van der Waals surface area (Å²) in [6, 6.07) is 11.3. The molecule has 324 valence electrons. The second-order valence-corrected chi connectivity index (χ2v) is 25.8. The SMILES string of the molecule is CC(C)(C)c1ccc([O-])c(C(C)(C)C)c1C(C)(C)C.CC(C)(C)c1ccc([O-])c(C(C)(C)C)c1C(C)(C)C.CC(C)(C)c1ccc([O-])c(C(C)(C)C)c1C(C)(C)C.[Al+3]. The zero-order valence-corrected chi connectivity index (χ0v) is 43.9. The van der Waals surface area contributed by atoms with Gasteiger partial charge in [0.25, 0.3) is 0 Å². The second kappa shape index (κ2) is 17.9. The fourth-order valence-corrected chi connectivity index (χ4v) is 8.20. The Labute approximate surface area is 370 Å². The third-order valence-electron chi connectivity index (χ3n) is 10.4. The van der Waals surface area contributed by atoms with Gasteiger partial charge in [0.15, 0.2) is 0 Å². The van der Waals surface area contributed by atoms with Crippen LogP contribution in [0.2, 0.25) is 0 Å². The topological polar surface area (TPSA) is 69.2 Å². The smallest absolute Gasteiger partial charge is 0.872 e. The monoisotopic (exact) mass is 811 g/mol. The summed E-state index contributed by atoms with van der Waals surface area (Å²) in [5.74, 6) is 0.515. The molecule has 0 radical (unpaired) electrons. The minimum Gasteiger partial charge on any atom is -0.872 e. The summed E-state index contributed by atoms with van der Waals surface area (Å²) < 4.78 is 0. The molecule has 0 unspecified atom stereocenters. The van der Waals surface area contributed by atoms with Crippen LogP contribution in [0.25, 0.3) is 0 Å². The molecular formula is C54H87AlO3. The number of benzene rings is 3. The Kier molecular flexibility index (Phi) is 17.2. The van der Waals surface area contributed by atoms with Crippen molar-refractivity contribution in [3.8, 4) is 17.2 Å². The molecule has 0 saturated carbocycles. The van der Waals surface area contributed by atoms with Gasteiger partial charge in [-0.1, -0.05) is 223 Å². The molecular weight excluding hydrogens is 724 g/mol. The Morgan fingerprint density at radius 3 is 0.466 bits per heavy atom. The van der Waals surface area contributed by atoms with E-state index in [-0.39, 0.29) is 83.3 Å². The molecule has 0 aliphatic carbocycles. The van der Waals surface area contributed by atoms with Crippen LogP contribution in [-0.4, -0.2) is 17.4 Å². The summed E-state index contributed by atoms with van der Waals surface area (Å²) in [4.78, 5) is 0. The molecule has 0 aliphatic heterocycles. The number of hydrogen-bond acceptors (Lipinski definition) is 3. The molecule has 3 nitrogen and oxygen atoms in total. The standard InChI is InChI=1S/3C18H30O.Al/c3*1-16(2,3)12-10-11-13(19)15(18(7,8)9)14(12)17(4,5)6;/h3*10-11,19H,1-9H3;/q;;;+3/p-3. The van der Waals surface area contributed by atoms with E-state index in [1.807, 2.05) is 18.2 Å². The average molecular weight is 811 g/mol. The van der Waals surface area contributed by atoms with Crippen LogP contribution < -0.4 is 15.3 Å². The third-order valence-corrected chi connectivity index (χ3v) is 10.4. The molecule has 0 aliphatic rings. The maximum Gasteiger partial charge on any atom is 3.00 e. The van der Waals surface area contributed by atoms with Gasteiger partial charge in [-0.3, -0.25) is 0 Å². The van der Waals surface area contributed by atoms with Crippen LogP contribution in [0.15, 0.2) is 36.4 Å². The van der Waals surface area contributed by atoms with Gasteiger partial charge in [-0.15, -0.1) is 17.2 Å². The largest absolute Gasteiger partial charge is 3.00 e. The molecule has 58 heavy (non-hydrogen) atoms. The Balaban J connectivity index is 0.000000833. The van der Waals surface area contributed by atoms with Gasteiger partial charge in [0.05, 0.1) is 0 Å². The van der Waals surface area contributed by atoms with Crippen molar-refractivity contribution in [2.45, 2.75) is 236 Å². The predicted molar refractivity (Wildman–Crippen MR) is 252 cm³/mol. The fourth-order valence-electron chi connectivity index (χ4n) is 8.20. The van der Waals surface area contributed by atoms with Crippen molar-refractivity contribution in [1.82, 2.24) is 0 Å². The first-order valence-electron chi connectivity index (χ1n) is 21.3. The van der Waals surface area contributed by atoms with Crippen LogP contribution in [0.3, 0.4) is 0 Å². The first-order chi connectivity index (χ1) is 24.8. The van der Waals surface area contributed by atoms with Gasteiger partial charge in [0.1, 0.15) is 0 Å². The minimum absolute atomic E-state index is 0. The molecule has 3 rings (SSSR count). The summed E-state index contributed by atoms with van der Waals surface area (Å²) >= 11 is 0. The minimum atomic E-state index is -0.124. The van der Waals surface area contributed by atoms with Gasteiger partial charge in [-0.25, -0.2) is 0 Å². The molecule has 0 fully saturated rings. The Hall–Kier alpha value is -2.41. The average Bonchev–Trinajstić information content (AvgIpc) is 2.92. The molecule has 0 N–H and O–H groups in total. The summed E-state index contributed by atoms with van der Waals surface area (Å²) in [5.41, 5.74) is 10.3. The van der Waals surface area contributed by atoms with E-state index in [4.69, 9.17) is 0 Å². The molecule has 0 aromatic heterocycles. The van der Waals surface area contributed by atoms with Crippen LogP contribution in [-0.2, 0) is 48.7 Å². The summed E-state index contributed by atoms with van der Waals surface area (Å²) in [7, 11) is 0. The molecule has 4 heteroatoms. The number of hydrogen-bond donors (Lipinski definition) is 0. The van der Waals surface area contributed by atoms with Gasteiger partial charge < -0.3 is 15.3 Å². The quantitative estimate of drug-likeness (QED) is 0.212. The van der Waals surface area contributed by atoms with Crippen molar-refractivity contribution in [2.75, 3.05) is 0 Å². The maximum atomic E-state index is 12.4. The van der Waals surface area contributed by atoms with E-state index in [1.54, 1.807) is 18.2 Å². The van der Waals surface area contributed by atoms with Crippen molar-refractivity contribution >= 4 is 17.4 Å². The third kappa shape index (κ3) is 14.1. The first-order valence-corrected chi connectivity index (χ1v) is 21.3. The summed E-state index contributed by atoms with van der Waals surface area (Å²) in [6.45, 7) is 58.9. The van der Waals surface area contributed by atoms with Crippen molar-refractivity contribution in [2.24, 2.45) is 0 Å². The van der Waals surface area contributed by atoms with Gasteiger partial charge >= 0.3 is 17.4 Å². The molecule has 0 saturated heterocycles. The van der Waals surface area contributed by atoms with E-state index < -0.39 is 0 Å². The zero-order chi connectivity index (χ0) is 45.7. The van der Waals surface area contributed by atoms with Crippen molar-refractivity contribution < 1.29 is 15.3 Å². The van der Waals surface area contributed by atoms with Gasteiger partial charge in [-0.2, -0.15) is 0 Å². The zero-order valence-electron chi connectivity index (χ0n) is 42.8. The van der Waals surface area contributed by atoms with Crippen LogP contribution >= 0.6 is 0 Å². The predicted octanol–water partition coefficient (Wildman–Crippen LogP) is 13.6. The molecule has 3 aromatic carbocycles. The van der Waals surface area contributed by atoms with E-state index in [2.05, 4.69) is 187 Å². The van der Waals surface area contributed by atoms with E-state index in [0.29, 0.717) is 0 Å². The van der Waals surface area contributed by atoms with Crippen LogP contribution in [0.1, 0.15) is 237 Å². The fraction of sp³-hybridized carbons (Fsp3) is 0.667. The van der Waals surface area contributed by atoms with E-state index >= 15 is 0 Å². The maximum absolute atomic E-state index is 12.4. The number of rotatable bonds is 0. The van der Waals surface area contributed by atoms with Gasteiger partial charge in [-0.05, 0) is 98.8 Å². The summed E-state index contributed by atoms with van der Waals surface area (Å²) in [6.07, 6.45) is 0. The van der Waals surface area contributed by atoms with E-state index in [1.165, 1.54) is 33.4 Å². The van der Waals surface area contributed by atoms with Crippen molar-refractivity contribution in [3.63, 3.8) is 0 Å². The Bertz CT molecular complexity index is 1610. The molecule has 3 aromatic rings. The van der Waals surface area contributed by atoms with Gasteiger partial charge in [0, 0.05) is 0 Å². The Morgan fingerprint density at radius 2 is 0.362 bits per heavy atom. The Morgan fingerprint density at radius 1 is 0.224 bits per heavy atom. The van der Waals surface area contributed by atoms with Crippen LogP contribution in [0.4, 0.5) is 0 Å². The first kappa shape index (κ1) is 55.6. The van der Waals surface area contributed by atoms with E-state index in [9.17, 15) is 15.3 Å². The van der Waals surface area contributed by atoms with Crippen LogP contribution in [0.5, 0.6) is 17.2 Å². The molecule has 0 spiro atoms. The van der Waals surface area contributed by atoms with Crippen LogP contribution in [0, 0.1) is 0 Å². The molecule has 0 amide bonds. The summed E-state index contributed by atoms with van der Waals surface area (Å²) in [5, 5.41) is 37.2. The molecule has 0 heterocycles. The van der Waals surface area contributed by atoms with Crippen molar-refractivity contribution in [1.29, 1.82) is 0 Å². The molecule has 0 atom stereocenters. The normalized spacial score (nSPS) is 13.5. The second-order valence-electron chi connectivity index (χ2n) is 25.8.